The van der Waals surface area contributed by atoms with Crippen LogP contribution < -0.4 is 10.6 Å². The van der Waals surface area contributed by atoms with Crippen LogP contribution in [0, 0.1) is 6.92 Å². The topological polar surface area (TPSA) is 70.6 Å². The van der Waals surface area contributed by atoms with Crippen LogP contribution in [0.5, 0.6) is 0 Å². The lowest BCUT2D eigenvalue weighted by molar-refractivity contribution is 0.0910. The molecule has 0 aliphatic carbocycles. The molecule has 0 unspecified atom stereocenters. The monoisotopic (exact) mass is 320 g/mol. The van der Waals surface area contributed by atoms with Crippen molar-refractivity contribution in [3.8, 4) is 0 Å². The summed E-state index contributed by atoms with van der Waals surface area (Å²) in [5.41, 5.74) is 1.32. The van der Waals surface area contributed by atoms with Gasteiger partial charge in [0.25, 0.3) is 0 Å². The lowest BCUT2D eigenvalue weighted by Crippen LogP contribution is -2.30. The Balaban J connectivity index is 2.34. The van der Waals surface area contributed by atoms with E-state index in [1.54, 1.807) is 12.1 Å². The molecule has 0 aromatic heterocycles. The highest BCUT2D eigenvalue weighted by Gasteiger charge is 2.07. The number of hydrogen-bond acceptors (Lipinski definition) is 3. The van der Waals surface area contributed by atoms with Crippen LogP contribution in [0.25, 0.3) is 0 Å². The maximum atomic E-state index is 11.6. The number of benzene rings is 1. The van der Waals surface area contributed by atoms with Gasteiger partial charge in [0, 0.05) is 18.2 Å². The third-order valence-corrected chi connectivity index (χ3v) is 3.20. The van der Waals surface area contributed by atoms with Gasteiger partial charge in [-0.15, -0.1) is 0 Å². The Bertz CT molecular complexity index is 455. The third kappa shape index (κ3) is 5.96. The average Bonchev–Trinajstić information content (AvgIpc) is 2.40. The summed E-state index contributed by atoms with van der Waals surface area (Å²) in [6.07, 6.45) is 0.663. The molecular formula is C13H18Cl2N2O3. The van der Waals surface area contributed by atoms with Gasteiger partial charge in [-0.25, -0.2) is 4.79 Å². The van der Waals surface area contributed by atoms with Gasteiger partial charge in [-0.05, 0) is 31.0 Å². The summed E-state index contributed by atoms with van der Waals surface area (Å²) in [6, 6.07) is 2.96. The first-order chi connectivity index (χ1) is 9.54. The number of urea groups is 1. The largest absolute Gasteiger partial charge is 0.394 e. The van der Waals surface area contributed by atoms with E-state index in [2.05, 4.69) is 10.6 Å². The molecule has 0 saturated heterocycles. The molecule has 0 heterocycles. The van der Waals surface area contributed by atoms with Crippen LogP contribution in [0.3, 0.4) is 0 Å². The zero-order chi connectivity index (χ0) is 15.0. The molecule has 0 saturated carbocycles. The molecule has 5 nitrogen and oxygen atoms in total. The molecule has 112 valence electrons. The second kappa shape index (κ2) is 9.02. The van der Waals surface area contributed by atoms with Gasteiger partial charge in [-0.2, -0.15) is 0 Å². The number of rotatable bonds is 7. The fraction of sp³-hybridized carbons (Fsp3) is 0.462. The quantitative estimate of drug-likeness (QED) is 0.676. The summed E-state index contributed by atoms with van der Waals surface area (Å²) in [5, 5.41) is 14.8. The van der Waals surface area contributed by atoms with Gasteiger partial charge in [-0.3, -0.25) is 0 Å². The second-order valence-electron chi connectivity index (χ2n) is 4.15. The number of amides is 2. The minimum atomic E-state index is -0.353. The van der Waals surface area contributed by atoms with E-state index in [1.165, 1.54) is 0 Å². The molecule has 0 fully saturated rings. The standard InChI is InChI=1S/C13H18Cl2N2O3/c1-9-7-11(15)12(8-10(9)14)17-13(19)16-3-2-5-20-6-4-18/h7-8,18H,2-6H2,1H3,(H2,16,17,19). The zero-order valence-corrected chi connectivity index (χ0v) is 12.7. The van der Waals surface area contributed by atoms with Gasteiger partial charge in [-0.1, -0.05) is 23.2 Å². The maximum Gasteiger partial charge on any atom is 0.319 e. The Kier molecular flexibility index (Phi) is 7.69. The number of aliphatic hydroxyl groups is 1. The normalized spacial score (nSPS) is 10.4. The van der Waals surface area contributed by atoms with Gasteiger partial charge < -0.3 is 20.5 Å². The van der Waals surface area contributed by atoms with Crippen LogP contribution in [-0.2, 0) is 4.74 Å². The van der Waals surface area contributed by atoms with Gasteiger partial charge in [0.1, 0.15) is 0 Å². The van der Waals surface area contributed by atoms with Crippen LogP contribution in [-0.4, -0.2) is 37.5 Å². The van der Waals surface area contributed by atoms with E-state index in [0.29, 0.717) is 41.9 Å². The van der Waals surface area contributed by atoms with Crippen molar-refractivity contribution in [3.63, 3.8) is 0 Å². The number of anilines is 1. The van der Waals surface area contributed by atoms with Crippen molar-refractivity contribution in [2.45, 2.75) is 13.3 Å². The molecule has 0 aliphatic rings. The van der Waals surface area contributed by atoms with Crippen molar-refractivity contribution in [1.29, 1.82) is 0 Å². The van der Waals surface area contributed by atoms with Crippen molar-refractivity contribution >= 4 is 34.9 Å². The number of aliphatic hydroxyl groups excluding tert-OH is 1. The van der Waals surface area contributed by atoms with Crippen molar-refractivity contribution in [1.82, 2.24) is 5.32 Å². The third-order valence-electron chi connectivity index (χ3n) is 2.48. The molecule has 2 amide bonds. The highest BCUT2D eigenvalue weighted by molar-refractivity contribution is 6.36. The summed E-state index contributed by atoms with van der Waals surface area (Å²) < 4.78 is 5.07. The van der Waals surface area contributed by atoms with E-state index in [4.69, 9.17) is 33.0 Å². The predicted octanol–water partition coefficient (Wildman–Crippen LogP) is 2.82. The number of aryl methyl sites for hydroxylation is 1. The first-order valence-electron chi connectivity index (χ1n) is 6.23. The number of carbonyl (C=O) groups is 1. The molecule has 0 atom stereocenters. The lowest BCUT2D eigenvalue weighted by atomic mass is 10.2. The van der Waals surface area contributed by atoms with E-state index >= 15 is 0 Å². The first kappa shape index (κ1) is 17.0. The molecular weight excluding hydrogens is 303 g/mol. The first-order valence-corrected chi connectivity index (χ1v) is 6.99. The second-order valence-corrected chi connectivity index (χ2v) is 4.97. The van der Waals surface area contributed by atoms with E-state index in [9.17, 15) is 4.79 Å². The number of carbonyl (C=O) groups excluding carboxylic acids is 1. The van der Waals surface area contributed by atoms with Gasteiger partial charge in [0.2, 0.25) is 0 Å². The molecule has 3 N–H and O–H groups in total. The SMILES string of the molecule is Cc1cc(Cl)c(NC(=O)NCCCOCCO)cc1Cl. The van der Waals surface area contributed by atoms with Crippen molar-refractivity contribution in [2.75, 3.05) is 31.7 Å². The molecule has 0 radical (unpaired) electrons. The number of ether oxygens (including phenoxy) is 1. The van der Waals surface area contributed by atoms with Crippen LogP contribution in [0.15, 0.2) is 12.1 Å². The summed E-state index contributed by atoms with van der Waals surface area (Å²) in [5.74, 6) is 0. The zero-order valence-electron chi connectivity index (χ0n) is 11.2. The van der Waals surface area contributed by atoms with Crippen LogP contribution >= 0.6 is 23.2 Å². The highest BCUT2D eigenvalue weighted by atomic mass is 35.5. The fourth-order valence-electron chi connectivity index (χ4n) is 1.45. The molecule has 0 bridgehead atoms. The Morgan fingerprint density at radius 2 is 2.05 bits per heavy atom. The van der Waals surface area contributed by atoms with E-state index in [-0.39, 0.29) is 12.6 Å². The highest BCUT2D eigenvalue weighted by Crippen LogP contribution is 2.28. The summed E-state index contributed by atoms with van der Waals surface area (Å²) in [7, 11) is 0. The molecule has 1 aromatic rings. The molecule has 1 aromatic carbocycles. The Morgan fingerprint density at radius 3 is 2.75 bits per heavy atom. The molecule has 20 heavy (non-hydrogen) atoms. The molecule has 0 aliphatic heterocycles. The smallest absolute Gasteiger partial charge is 0.319 e. The number of nitrogens with one attached hydrogen (secondary N) is 2. The van der Waals surface area contributed by atoms with Crippen molar-refractivity contribution < 1.29 is 14.6 Å². The average molecular weight is 321 g/mol. The predicted molar refractivity (Wildman–Crippen MR) is 80.7 cm³/mol. The minimum Gasteiger partial charge on any atom is -0.394 e. The summed E-state index contributed by atoms with van der Waals surface area (Å²) in [6.45, 7) is 3.10. The fourth-order valence-corrected chi connectivity index (χ4v) is 1.88. The van der Waals surface area contributed by atoms with Crippen molar-refractivity contribution in [3.05, 3.63) is 27.7 Å². The lowest BCUT2D eigenvalue weighted by Gasteiger charge is -2.10. The number of hydrogen-bond donors (Lipinski definition) is 3. The van der Waals surface area contributed by atoms with E-state index in [1.807, 2.05) is 6.92 Å². The van der Waals surface area contributed by atoms with Gasteiger partial charge in [0.15, 0.2) is 0 Å². The van der Waals surface area contributed by atoms with Crippen LogP contribution in [0.4, 0.5) is 10.5 Å². The summed E-state index contributed by atoms with van der Waals surface area (Å²) >= 11 is 12.0. The van der Waals surface area contributed by atoms with E-state index < -0.39 is 0 Å². The van der Waals surface area contributed by atoms with Crippen molar-refractivity contribution in [2.24, 2.45) is 0 Å². The molecule has 1 rings (SSSR count). The number of halogens is 2. The van der Waals surface area contributed by atoms with Crippen LogP contribution in [0.2, 0.25) is 10.0 Å². The Labute approximate surface area is 128 Å². The van der Waals surface area contributed by atoms with Crippen LogP contribution in [0.1, 0.15) is 12.0 Å². The minimum absolute atomic E-state index is 0.000592. The molecule has 0 spiro atoms. The Morgan fingerprint density at radius 1 is 1.30 bits per heavy atom. The van der Waals surface area contributed by atoms with Gasteiger partial charge in [0.05, 0.1) is 23.9 Å². The summed E-state index contributed by atoms with van der Waals surface area (Å²) in [4.78, 5) is 11.6. The van der Waals surface area contributed by atoms with E-state index in [0.717, 1.165) is 5.56 Å². The Hall–Kier alpha value is -1.01. The van der Waals surface area contributed by atoms with Gasteiger partial charge >= 0.3 is 6.03 Å². The maximum absolute atomic E-state index is 11.6. The molecule has 7 heteroatoms.